The third kappa shape index (κ3) is 9.45. The molecule has 2 aromatic rings. The smallest absolute Gasteiger partial charge is 0.307 e. The number of Topliss-reactive ketones (excluding diaryl/α,β-unsaturated/α-hetero) is 1. The van der Waals surface area contributed by atoms with E-state index in [0.29, 0.717) is 54.6 Å². The van der Waals surface area contributed by atoms with Gasteiger partial charge >= 0.3 is 5.97 Å². The summed E-state index contributed by atoms with van der Waals surface area (Å²) in [7, 11) is -0.851. The largest absolute Gasteiger partial charge is 0.497 e. The molecule has 15 heteroatoms. The van der Waals surface area contributed by atoms with Gasteiger partial charge in [0, 0.05) is 32.6 Å². The van der Waals surface area contributed by atoms with Crippen LogP contribution in [0.2, 0.25) is 0 Å². The van der Waals surface area contributed by atoms with Crippen LogP contribution in [0.3, 0.4) is 0 Å². The summed E-state index contributed by atoms with van der Waals surface area (Å²) in [4.78, 5) is 68.2. The lowest BCUT2D eigenvalue weighted by Crippen LogP contribution is -2.48. The molecule has 0 bridgehead atoms. The maximum atomic E-state index is 15.1. The van der Waals surface area contributed by atoms with Gasteiger partial charge in [0.25, 0.3) is 0 Å². The third-order valence-corrected chi connectivity index (χ3v) is 14.2. The van der Waals surface area contributed by atoms with Crippen LogP contribution in [0.1, 0.15) is 98.1 Å². The number of aryl methyl sites for hydroxylation is 1. The van der Waals surface area contributed by atoms with E-state index >= 15 is 4.79 Å². The molecule has 1 aromatic heterocycles. The van der Waals surface area contributed by atoms with Crippen molar-refractivity contribution in [2.45, 2.75) is 122 Å². The van der Waals surface area contributed by atoms with Crippen molar-refractivity contribution < 1.29 is 46.5 Å². The minimum Gasteiger partial charge on any atom is -0.497 e. The number of esters is 1. The normalized spacial score (nSPS) is 29.6. The minimum absolute atomic E-state index is 0.00183. The highest BCUT2D eigenvalue weighted by molar-refractivity contribution is 7.91. The summed E-state index contributed by atoms with van der Waals surface area (Å²) < 4.78 is 51.1. The van der Waals surface area contributed by atoms with Gasteiger partial charge in [-0.15, -0.1) is 0 Å². The van der Waals surface area contributed by atoms with E-state index in [-0.39, 0.29) is 61.8 Å². The molecule has 2 saturated carbocycles. The molecule has 2 amide bonds. The molecule has 2 aliphatic carbocycles. The van der Waals surface area contributed by atoms with Crippen LogP contribution >= 0.6 is 0 Å². The Labute approximate surface area is 335 Å². The second kappa shape index (κ2) is 16.3. The molecule has 0 spiro atoms. The maximum absolute atomic E-state index is 15.1. The highest BCUT2D eigenvalue weighted by Gasteiger charge is 2.62. The van der Waals surface area contributed by atoms with E-state index in [1.165, 1.54) is 4.90 Å². The maximum Gasteiger partial charge on any atom is 0.307 e. The number of hydrogen-bond acceptors (Lipinski definition) is 12. The number of sulfonamides is 1. The Balaban J connectivity index is 1.37. The number of nitrogens with one attached hydrogen (secondary N) is 1. The Morgan fingerprint density at radius 3 is 2.47 bits per heavy atom. The van der Waals surface area contributed by atoms with Crippen LogP contribution in [0, 0.1) is 36.0 Å². The molecule has 2 aliphatic heterocycles. The summed E-state index contributed by atoms with van der Waals surface area (Å²) in [6.07, 6.45) is 6.05. The van der Waals surface area contributed by atoms with E-state index in [0.717, 1.165) is 6.42 Å². The van der Waals surface area contributed by atoms with E-state index in [2.05, 4.69) is 16.6 Å². The van der Waals surface area contributed by atoms with Crippen molar-refractivity contribution in [2.24, 2.45) is 29.1 Å². The average molecular weight is 811 g/mol. The Hall–Kier alpha value is -4.11. The number of benzene rings is 1. The van der Waals surface area contributed by atoms with Gasteiger partial charge in [0.15, 0.2) is 5.78 Å². The van der Waals surface area contributed by atoms with Crippen molar-refractivity contribution in [3.63, 3.8) is 0 Å². The lowest BCUT2D eigenvalue weighted by molar-refractivity contribution is -0.160. The summed E-state index contributed by atoms with van der Waals surface area (Å²) in [5.74, 6) is -2.68. The lowest BCUT2D eigenvalue weighted by Gasteiger charge is -2.33. The number of nitrogens with zero attached hydrogens (tertiary/aromatic N) is 3. The number of amides is 2. The first-order valence-electron chi connectivity index (χ1n) is 20.0. The van der Waals surface area contributed by atoms with Gasteiger partial charge in [-0.05, 0) is 103 Å². The fourth-order valence-corrected chi connectivity index (χ4v) is 9.69. The minimum atomic E-state index is -3.97. The molecule has 0 radical (unpaired) electrons. The van der Waals surface area contributed by atoms with Gasteiger partial charge in [0.05, 0.1) is 53.2 Å². The van der Waals surface area contributed by atoms with E-state index in [9.17, 15) is 22.8 Å². The van der Waals surface area contributed by atoms with E-state index in [4.69, 9.17) is 23.9 Å². The highest BCUT2D eigenvalue weighted by Crippen LogP contribution is 2.57. The van der Waals surface area contributed by atoms with Crippen molar-refractivity contribution in [3.8, 4) is 11.6 Å². The van der Waals surface area contributed by atoms with E-state index < -0.39 is 61.6 Å². The van der Waals surface area contributed by atoms with Gasteiger partial charge in [-0.25, -0.2) is 18.4 Å². The van der Waals surface area contributed by atoms with Crippen LogP contribution in [0.4, 0.5) is 0 Å². The Morgan fingerprint density at radius 2 is 1.81 bits per heavy atom. The average Bonchev–Trinajstić information content (AvgIpc) is 4.01. The van der Waals surface area contributed by atoms with Gasteiger partial charge < -0.3 is 23.8 Å². The molecule has 7 atom stereocenters. The van der Waals surface area contributed by atoms with Crippen LogP contribution < -0.4 is 14.2 Å². The fraction of sp³-hybridized carbons (Fsp3) is 0.667. The van der Waals surface area contributed by atoms with Crippen molar-refractivity contribution in [3.05, 3.63) is 36.0 Å². The van der Waals surface area contributed by atoms with Gasteiger partial charge in [-0.3, -0.25) is 23.9 Å². The first-order chi connectivity index (χ1) is 26.8. The Kier molecular flexibility index (Phi) is 12.1. The van der Waals surface area contributed by atoms with E-state index in [1.807, 2.05) is 12.2 Å². The molecule has 1 aromatic carbocycles. The monoisotopic (exact) mass is 810 g/mol. The number of aromatic nitrogens is 2. The van der Waals surface area contributed by atoms with Crippen molar-refractivity contribution in [1.82, 2.24) is 19.6 Å². The van der Waals surface area contributed by atoms with Crippen molar-refractivity contribution in [2.75, 3.05) is 27.4 Å². The number of ether oxygens (including phenoxy) is 4. The zero-order chi connectivity index (χ0) is 41.5. The number of hydrogen-bond donors (Lipinski definition) is 1. The van der Waals surface area contributed by atoms with Gasteiger partial charge in [-0.1, -0.05) is 19.1 Å². The second-order valence-corrected chi connectivity index (χ2v) is 20.1. The zero-order valence-electron chi connectivity index (χ0n) is 34.5. The molecular weight excluding hydrogens is 753 g/mol. The molecule has 312 valence electrons. The Morgan fingerprint density at radius 1 is 1.07 bits per heavy atom. The number of fused-ring (bicyclic) bond motifs is 3. The molecule has 1 saturated heterocycles. The number of allylic oxidation sites excluding steroid dienone is 2. The number of carbonyl (C=O) groups excluding carboxylic acids is 4. The predicted molar refractivity (Wildman–Crippen MR) is 212 cm³/mol. The molecule has 14 nitrogen and oxygen atoms in total. The van der Waals surface area contributed by atoms with Crippen LogP contribution in [0.5, 0.6) is 11.6 Å². The zero-order valence-corrected chi connectivity index (χ0v) is 35.3. The number of methoxy groups -OCH3 is 2. The molecule has 0 unspecified atom stereocenters. The second-order valence-electron chi connectivity index (χ2n) is 17.9. The van der Waals surface area contributed by atoms with Crippen molar-refractivity contribution >= 4 is 44.6 Å². The first-order valence-corrected chi connectivity index (χ1v) is 21.5. The van der Waals surface area contributed by atoms with Gasteiger partial charge in [-0.2, -0.15) is 0 Å². The summed E-state index contributed by atoms with van der Waals surface area (Å²) in [6.45, 7) is 11.0. The molecule has 6 rings (SSSR count). The summed E-state index contributed by atoms with van der Waals surface area (Å²) in [5.41, 5.74) is -0.383. The number of carbonyl (C=O) groups is 4. The van der Waals surface area contributed by atoms with Crippen LogP contribution in [0.25, 0.3) is 11.0 Å². The van der Waals surface area contributed by atoms with Gasteiger partial charge in [0.1, 0.15) is 23.1 Å². The summed E-state index contributed by atoms with van der Waals surface area (Å²) in [6, 6.07) is 4.30. The fourth-order valence-electron chi connectivity index (χ4n) is 8.35. The Bertz CT molecular complexity index is 2030. The van der Waals surface area contributed by atoms with Crippen molar-refractivity contribution in [1.29, 1.82) is 0 Å². The molecule has 3 heterocycles. The van der Waals surface area contributed by atoms with Crippen LogP contribution in [0.15, 0.2) is 30.4 Å². The topological polar surface area (TPSA) is 180 Å². The molecule has 57 heavy (non-hydrogen) atoms. The molecule has 4 aliphatic rings. The van der Waals surface area contributed by atoms with Crippen LogP contribution in [-0.2, 0) is 38.7 Å². The number of rotatable bonds is 10. The van der Waals surface area contributed by atoms with Crippen LogP contribution in [-0.4, -0.2) is 96.7 Å². The lowest BCUT2D eigenvalue weighted by atomic mass is 9.81. The van der Waals surface area contributed by atoms with E-state index in [1.54, 1.807) is 67.0 Å². The molecule has 1 N–H and O–H groups in total. The first kappa shape index (κ1) is 42.5. The summed E-state index contributed by atoms with van der Waals surface area (Å²) >= 11 is 0. The van der Waals surface area contributed by atoms with Gasteiger partial charge in [0.2, 0.25) is 27.7 Å². The number of ketones is 1. The predicted octanol–water partition coefficient (Wildman–Crippen LogP) is 5.25. The third-order valence-electron chi connectivity index (χ3n) is 12.1. The molecule has 3 fully saturated rings. The molecular formula is C42H58N4O10S. The quantitative estimate of drug-likeness (QED) is 0.244. The summed E-state index contributed by atoms with van der Waals surface area (Å²) in [5, 5.41) is 0. The SMILES string of the molecule is COC[C@@H]1C[C@@H](C)CC/C=C\[C@@H]2C[C@@]2(C(=O)NS(=O)(=O)C2(C)CC2)CC(=O)[C@@H]2C[C@@H](Oc3nc4cc(OC)ccc4nc3C)CN2C(=O)[C@H]1CC(=O)OC(C)(C)C. The standard InChI is InChI=1S/C42H58N4O10S/c1-25-11-9-10-12-28-21-42(28,39(50)45-57(51,52)41(6)15-16-41)22-35(47)34-19-30(55-37-26(2)43-32-14-13-29(54-8)18-33(32)44-37)23-46(34)38(49)31(27(17-25)24-53-7)20-36(48)56-40(3,4)5/h10,12-14,18,25,27-28,30-31,34H,9,11,15-17,19-24H2,1-8H3,(H,45,50)/b12-10-/t25-,27-,28+,30+,31-,34-,42+/m0/s1. The highest BCUT2D eigenvalue weighted by atomic mass is 32.2.